The van der Waals surface area contributed by atoms with Crippen LogP contribution in [0.3, 0.4) is 0 Å². The van der Waals surface area contributed by atoms with E-state index >= 15 is 0 Å². The van der Waals surface area contributed by atoms with Crippen LogP contribution in [0, 0.1) is 5.82 Å². The minimum atomic E-state index is -0.229. The highest BCUT2D eigenvalue weighted by Crippen LogP contribution is 2.28. The molecule has 0 aliphatic heterocycles. The van der Waals surface area contributed by atoms with Gasteiger partial charge in [0.2, 0.25) is 0 Å². The Kier molecular flexibility index (Phi) is 10.5. The van der Waals surface area contributed by atoms with Gasteiger partial charge in [-0.3, -0.25) is 0 Å². The Balaban J connectivity index is 0.00000364. The van der Waals surface area contributed by atoms with Crippen LogP contribution in [-0.4, -0.2) is 26.2 Å². The van der Waals surface area contributed by atoms with E-state index in [2.05, 4.69) is 15.6 Å². The molecule has 0 aromatic heterocycles. The number of guanidine groups is 1. The molecule has 2 aromatic carbocycles. The second kappa shape index (κ2) is 12.4. The van der Waals surface area contributed by atoms with Crippen molar-refractivity contribution >= 4 is 29.9 Å². The molecule has 2 aromatic rings. The Morgan fingerprint density at radius 1 is 1.07 bits per heavy atom. The predicted octanol–water partition coefficient (Wildman–Crippen LogP) is 4.11. The molecule has 0 heterocycles. The SMILES string of the molecule is CCNC(=NCc1ccc(OC)c(OCC)c1)NCc1ccccc1F.I. The molecule has 0 fully saturated rings. The zero-order valence-electron chi connectivity index (χ0n) is 15.9. The molecule has 2 rings (SSSR count). The van der Waals surface area contributed by atoms with Crippen molar-refractivity contribution in [3.63, 3.8) is 0 Å². The Labute approximate surface area is 177 Å². The maximum Gasteiger partial charge on any atom is 0.191 e. The molecule has 148 valence electrons. The Bertz CT molecular complexity index is 741. The summed E-state index contributed by atoms with van der Waals surface area (Å²) >= 11 is 0. The molecule has 7 heteroatoms. The van der Waals surface area contributed by atoms with Crippen LogP contribution < -0.4 is 20.1 Å². The van der Waals surface area contributed by atoms with Crippen LogP contribution in [0.15, 0.2) is 47.5 Å². The standard InChI is InChI=1S/C20H26FN3O2.HI/c1-4-22-20(24-14-16-8-6-7-9-17(16)21)23-13-15-10-11-18(25-3)19(12-15)26-5-2;/h6-12H,4-5,13-14H2,1-3H3,(H2,22,23,24);1H. The van der Waals surface area contributed by atoms with E-state index in [0.717, 1.165) is 12.1 Å². The normalized spacial score (nSPS) is 10.7. The van der Waals surface area contributed by atoms with Gasteiger partial charge in [-0.15, -0.1) is 24.0 Å². The number of nitrogens with one attached hydrogen (secondary N) is 2. The lowest BCUT2D eigenvalue weighted by Crippen LogP contribution is -2.37. The van der Waals surface area contributed by atoms with Crippen molar-refractivity contribution in [2.75, 3.05) is 20.3 Å². The van der Waals surface area contributed by atoms with Crippen LogP contribution in [-0.2, 0) is 13.1 Å². The maximum atomic E-state index is 13.7. The zero-order chi connectivity index (χ0) is 18.8. The van der Waals surface area contributed by atoms with Gasteiger partial charge in [-0.1, -0.05) is 24.3 Å². The lowest BCUT2D eigenvalue weighted by atomic mass is 10.2. The molecule has 0 atom stereocenters. The molecular formula is C20H27FIN3O2. The predicted molar refractivity (Wildman–Crippen MR) is 118 cm³/mol. The van der Waals surface area contributed by atoms with Crippen LogP contribution in [0.4, 0.5) is 4.39 Å². The van der Waals surface area contributed by atoms with E-state index < -0.39 is 0 Å². The van der Waals surface area contributed by atoms with Crippen molar-refractivity contribution in [2.45, 2.75) is 26.9 Å². The lowest BCUT2D eigenvalue weighted by molar-refractivity contribution is 0.310. The van der Waals surface area contributed by atoms with Crippen LogP contribution >= 0.6 is 24.0 Å². The molecular weight excluding hydrogens is 460 g/mol. The molecule has 0 aliphatic rings. The first-order valence-electron chi connectivity index (χ1n) is 8.73. The van der Waals surface area contributed by atoms with E-state index in [1.807, 2.05) is 38.1 Å². The zero-order valence-corrected chi connectivity index (χ0v) is 18.3. The summed E-state index contributed by atoms with van der Waals surface area (Å²) in [4.78, 5) is 4.56. The third-order valence-corrected chi connectivity index (χ3v) is 3.70. The summed E-state index contributed by atoms with van der Waals surface area (Å²) < 4.78 is 24.6. The topological polar surface area (TPSA) is 54.9 Å². The summed E-state index contributed by atoms with van der Waals surface area (Å²) in [5, 5.41) is 6.32. The average Bonchev–Trinajstić information content (AvgIpc) is 2.65. The second-order valence-corrected chi connectivity index (χ2v) is 5.56. The van der Waals surface area contributed by atoms with Crippen molar-refractivity contribution < 1.29 is 13.9 Å². The summed E-state index contributed by atoms with van der Waals surface area (Å²) in [6.45, 7) is 6.04. The fraction of sp³-hybridized carbons (Fsp3) is 0.350. The maximum absolute atomic E-state index is 13.7. The summed E-state index contributed by atoms with van der Waals surface area (Å²) in [6, 6.07) is 12.4. The number of methoxy groups -OCH3 is 1. The fourth-order valence-electron chi connectivity index (χ4n) is 2.42. The van der Waals surface area contributed by atoms with Crippen molar-refractivity contribution in [2.24, 2.45) is 4.99 Å². The van der Waals surface area contributed by atoms with Gasteiger partial charge in [0.25, 0.3) is 0 Å². The molecule has 0 spiro atoms. The number of hydrogen-bond donors (Lipinski definition) is 2. The molecule has 0 saturated carbocycles. The highest BCUT2D eigenvalue weighted by Gasteiger charge is 2.06. The van der Waals surface area contributed by atoms with Crippen LogP contribution in [0.2, 0.25) is 0 Å². The highest BCUT2D eigenvalue weighted by molar-refractivity contribution is 14.0. The van der Waals surface area contributed by atoms with Gasteiger partial charge < -0.3 is 20.1 Å². The van der Waals surface area contributed by atoms with E-state index in [-0.39, 0.29) is 29.8 Å². The molecule has 0 unspecified atom stereocenters. The number of nitrogens with zero attached hydrogens (tertiary/aromatic N) is 1. The number of ether oxygens (including phenoxy) is 2. The first kappa shape index (κ1) is 23.0. The van der Waals surface area contributed by atoms with Gasteiger partial charge in [-0.25, -0.2) is 9.38 Å². The Morgan fingerprint density at radius 2 is 1.85 bits per heavy atom. The minimum absolute atomic E-state index is 0. The minimum Gasteiger partial charge on any atom is -0.493 e. The van der Waals surface area contributed by atoms with Crippen LogP contribution in [0.25, 0.3) is 0 Å². The van der Waals surface area contributed by atoms with E-state index in [1.165, 1.54) is 6.07 Å². The summed E-state index contributed by atoms with van der Waals surface area (Å²) in [6.07, 6.45) is 0. The molecule has 0 saturated heterocycles. The van der Waals surface area contributed by atoms with Crippen molar-refractivity contribution in [1.29, 1.82) is 0 Å². The van der Waals surface area contributed by atoms with Gasteiger partial charge in [0, 0.05) is 18.7 Å². The van der Waals surface area contributed by atoms with E-state index in [4.69, 9.17) is 9.47 Å². The molecule has 5 nitrogen and oxygen atoms in total. The van der Waals surface area contributed by atoms with Gasteiger partial charge in [0.1, 0.15) is 5.82 Å². The smallest absolute Gasteiger partial charge is 0.191 e. The van der Waals surface area contributed by atoms with Gasteiger partial charge in [0.05, 0.1) is 20.3 Å². The fourth-order valence-corrected chi connectivity index (χ4v) is 2.42. The van der Waals surface area contributed by atoms with Crippen LogP contribution in [0.5, 0.6) is 11.5 Å². The number of halogens is 2. The Morgan fingerprint density at radius 3 is 2.52 bits per heavy atom. The Hall–Kier alpha value is -2.03. The number of hydrogen-bond acceptors (Lipinski definition) is 3. The molecule has 0 radical (unpaired) electrons. The second-order valence-electron chi connectivity index (χ2n) is 5.56. The third kappa shape index (κ3) is 7.24. The first-order chi connectivity index (χ1) is 12.7. The lowest BCUT2D eigenvalue weighted by Gasteiger charge is -2.13. The third-order valence-electron chi connectivity index (χ3n) is 3.70. The van der Waals surface area contributed by atoms with Crippen molar-refractivity contribution in [3.8, 4) is 11.5 Å². The van der Waals surface area contributed by atoms with E-state index in [0.29, 0.717) is 42.7 Å². The number of aliphatic imine (C=N–C) groups is 1. The quantitative estimate of drug-likeness (QED) is 0.335. The van der Waals surface area contributed by atoms with Gasteiger partial charge in [-0.2, -0.15) is 0 Å². The van der Waals surface area contributed by atoms with Gasteiger partial charge in [0.15, 0.2) is 17.5 Å². The van der Waals surface area contributed by atoms with Crippen molar-refractivity contribution in [3.05, 3.63) is 59.4 Å². The summed E-state index contributed by atoms with van der Waals surface area (Å²) in [7, 11) is 1.62. The van der Waals surface area contributed by atoms with Crippen molar-refractivity contribution in [1.82, 2.24) is 10.6 Å². The summed E-state index contributed by atoms with van der Waals surface area (Å²) in [5.41, 5.74) is 1.60. The largest absolute Gasteiger partial charge is 0.493 e. The highest BCUT2D eigenvalue weighted by atomic mass is 127. The number of rotatable bonds is 8. The average molecular weight is 487 g/mol. The van der Waals surface area contributed by atoms with Gasteiger partial charge in [-0.05, 0) is 37.6 Å². The monoisotopic (exact) mass is 487 g/mol. The van der Waals surface area contributed by atoms with E-state index in [1.54, 1.807) is 19.2 Å². The molecule has 0 amide bonds. The molecule has 0 aliphatic carbocycles. The summed E-state index contributed by atoms with van der Waals surface area (Å²) in [5.74, 6) is 1.80. The molecule has 27 heavy (non-hydrogen) atoms. The van der Waals surface area contributed by atoms with Gasteiger partial charge >= 0.3 is 0 Å². The first-order valence-corrected chi connectivity index (χ1v) is 8.73. The number of benzene rings is 2. The molecule has 2 N–H and O–H groups in total. The van der Waals surface area contributed by atoms with Crippen LogP contribution in [0.1, 0.15) is 25.0 Å². The molecule has 0 bridgehead atoms. The van der Waals surface area contributed by atoms with E-state index in [9.17, 15) is 4.39 Å².